The van der Waals surface area contributed by atoms with E-state index >= 15 is 0 Å². The van der Waals surface area contributed by atoms with Crippen molar-refractivity contribution >= 4 is 11.6 Å². The molecule has 2 aromatic heterocycles. The number of ether oxygens (including phenoxy) is 3. The van der Waals surface area contributed by atoms with E-state index in [2.05, 4.69) is 9.97 Å². The van der Waals surface area contributed by atoms with Crippen LogP contribution in [0.2, 0.25) is 0 Å². The maximum Gasteiger partial charge on any atom is 0.213 e. The molecule has 1 N–H and O–H groups in total. The third kappa shape index (κ3) is 5.89. The van der Waals surface area contributed by atoms with Gasteiger partial charge in [0.15, 0.2) is 23.1 Å². The summed E-state index contributed by atoms with van der Waals surface area (Å²) >= 11 is 0. The SMILES string of the molecule is COc1cc(C(=O)CCC(=O)c2ccc(OC)c(-c3ccnc(F)c3)n2)ccc1OCCO. The average molecular weight is 454 g/mol. The monoisotopic (exact) mass is 454 g/mol. The standard InChI is InChI=1S/C24H23FN2O6/c1-31-21-8-4-17(27-24(21)16-9-10-26-23(25)14-16)19(30)6-5-18(29)15-3-7-20(33-12-11-28)22(13-15)32-2/h3-4,7-10,13-14,28H,5-6,11-12H2,1-2H3. The summed E-state index contributed by atoms with van der Waals surface area (Å²) in [5.41, 5.74) is 1.23. The summed E-state index contributed by atoms with van der Waals surface area (Å²) in [6, 6.07) is 10.5. The Hall–Kier alpha value is -3.85. The number of aromatic nitrogens is 2. The molecule has 8 nitrogen and oxygen atoms in total. The molecule has 1 aromatic carbocycles. The highest BCUT2D eigenvalue weighted by molar-refractivity contribution is 6.02. The quantitative estimate of drug-likeness (QED) is 0.346. The van der Waals surface area contributed by atoms with Gasteiger partial charge in [0.2, 0.25) is 5.95 Å². The Bertz CT molecular complexity index is 1150. The van der Waals surface area contributed by atoms with Crippen LogP contribution in [0.25, 0.3) is 11.3 Å². The van der Waals surface area contributed by atoms with E-state index < -0.39 is 5.95 Å². The third-order valence-corrected chi connectivity index (χ3v) is 4.78. The number of Topliss-reactive ketones (excluding diaryl/α,β-unsaturated/α-hetero) is 2. The maximum absolute atomic E-state index is 13.5. The number of hydrogen-bond donors (Lipinski definition) is 1. The summed E-state index contributed by atoms with van der Waals surface area (Å²) in [5.74, 6) is -0.129. The van der Waals surface area contributed by atoms with Gasteiger partial charge in [-0.05, 0) is 36.4 Å². The smallest absolute Gasteiger partial charge is 0.213 e. The van der Waals surface area contributed by atoms with Crippen LogP contribution < -0.4 is 14.2 Å². The average Bonchev–Trinajstić information content (AvgIpc) is 2.85. The Morgan fingerprint density at radius 1 is 0.939 bits per heavy atom. The van der Waals surface area contributed by atoms with Crippen molar-refractivity contribution in [1.29, 1.82) is 0 Å². The molecular weight excluding hydrogens is 431 g/mol. The molecule has 0 amide bonds. The van der Waals surface area contributed by atoms with E-state index in [4.69, 9.17) is 19.3 Å². The normalized spacial score (nSPS) is 10.5. The summed E-state index contributed by atoms with van der Waals surface area (Å²) in [7, 11) is 2.90. The third-order valence-electron chi connectivity index (χ3n) is 4.78. The molecule has 0 radical (unpaired) electrons. The first-order valence-electron chi connectivity index (χ1n) is 10.1. The zero-order valence-electron chi connectivity index (χ0n) is 18.2. The number of ketones is 2. The van der Waals surface area contributed by atoms with Crippen LogP contribution >= 0.6 is 0 Å². The Morgan fingerprint density at radius 3 is 2.36 bits per heavy atom. The number of pyridine rings is 2. The van der Waals surface area contributed by atoms with Gasteiger partial charge in [-0.3, -0.25) is 9.59 Å². The van der Waals surface area contributed by atoms with Gasteiger partial charge < -0.3 is 19.3 Å². The second kappa shape index (κ2) is 11.1. The molecular formula is C24H23FN2O6. The molecule has 33 heavy (non-hydrogen) atoms. The van der Waals surface area contributed by atoms with Gasteiger partial charge in [0, 0.05) is 36.2 Å². The lowest BCUT2D eigenvalue weighted by Gasteiger charge is -2.11. The van der Waals surface area contributed by atoms with Gasteiger partial charge in [-0.25, -0.2) is 9.97 Å². The van der Waals surface area contributed by atoms with Gasteiger partial charge in [-0.15, -0.1) is 0 Å². The van der Waals surface area contributed by atoms with Crippen LogP contribution in [-0.2, 0) is 0 Å². The van der Waals surface area contributed by atoms with Crippen molar-refractivity contribution in [2.45, 2.75) is 12.8 Å². The number of halogens is 1. The zero-order valence-corrected chi connectivity index (χ0v) is 18.2. The van der Waals surface area contributed by atoms with E-state index in [1.165, 1.54) is 38.6 Å². The Kier molecular flexibility index (Phi) is 8.04. The molecule has 0 aliphatic heterocycles. The number of nitrogens with zero attached hydrogens (tertiary/aromatic N) is 2. The largest absolute Gasteiger partial charge is 0.494 e. The van der Waals surface area contributed by atoms with E-state index in [9.17, 15) is 14.0 Å². The van der Waals surface area contributed by atoms with E-state index in [-0.39, 0.29) is 43.3 Å². The Balaban J connectivity index is 1.73. The topological polar surface area (TPSA) is 108 Å². The summed E-state index contributed by atoms with van der Waals surface area (Å²) < 4.78 is 29.4. The number of hydrogen-bond acceptors (Lipinski definition) is 8. The zero-order chi connectivity index (χ0) is 23.8. The second-order valence-electron chi connectivity index (χ2n) is 6.90. The number of aliphatic hydroxyl groups is 1. The van der Waals surface area contributed by atoms with Gasteiger partial charge in [-0.2, -0.15) is 4.39 Å². The lowest BCUT2D eigenvalue weighted by atomic mass is 10.0. The van der Waals surface area contributed by atoms with Gasteiger partial charge >= 0.3 is 0 Å². The van der Waals surface area contributed by atoms with Crippen LogP contribution in [0.15, 0.2) is 48.7 Å². The molecule has 3 rings (SSSR count). The van der Waals surface area contributed by atoms with Gasteiger partial charge in [0.1, 0.15) is 23.7 Å². The molecule has 0 saturated heterocycles. The highest BCUT2D eigenvalue weighted by Gasteiger charge is 2.17. The summed E-state index contributed by atoms with van der Waals surface area (Å²) in [5, 5.41) is 8.89. The molecule has 0 bridgehead atoms. The van der Waals surface area contributed by atoms with Gasteiger partial charge in [-0.1, -0.05) is 0 Å². The molecule has 172 valence electrons. The number of benzene rings is 1. The van der Waals surface area contributed by atoms with Crippen LogP contribution in [0.4, 0.5) is 4.39 Å². The number of carbonyl (C=O) groups excluding carboxylic acids is 2. The fraction of sp³-hybridized carbons (Fsp3) is 0.250. The van der Waals surface area contributed by atoms with Crippen molar-refractivity contribution < 1.29 is 33.3 Å². The van der Waals surface area contributed by atoms with Crippen molar-refractivity contribution in [2.24, 2.45) is 0 Å². The molecule has 0 fully saturated rings. The fourth-order valence-corrected chi connectivity index (χ4v) is 3.14. The van der Waals surface area contributed by atoms with Gasteiger partial charge in [0.05, 0.1) is 20.8 Å². The van der Waals surface area contributed by atoms with Crippen molar-refractivity contribution in [2.75, 3.05) is 27.4 Å². The van der Waals surface area contributed by atoms with E-state index in [0.29, 0.717) is 34.1 Å². The highest BCUT2D eigenvalue weighted by atomic mass is 19.1. The van der Waals surface area contributed by atoms with E-state index in [1.54, 1.807) is 24.3 Å². The fourth-order valence-electron chi connectivity index (χ4n) is 3.14. The van der Waals surface area contributed by atoms with Crippen molar-refractivity contribution in [3.05, 3.63) is 65.9 Å². The van der Waals surface area contributed by atoms with Crippen LogP contribution in [-0.4, -0.2) is 54.1 Å². The molecule has 0 aliphatic carbocycles. The minimum absolute atomic E-state index is 0.0360. The van der Waals surface area contributed by atoms with Crippen LogP contribution in [0.5, 0.6) is 17.2 Å². The highest BCUT2D eigenvalue weighted by Crippen LogP contribution is 2.30. The van der Waals surface area contributed by atoms with Crippen LogP contribution in [0.3, 0.4) is 0 Å². The number of rotatable bonds is 11. The minimum atomic E-state index is -0.679. The molecule has 9 heteroatoms. The Labute approximate surface area is 190 Å². The minimum Gasteiger partial charge on any atom is -0.494 e. The summed E-state index contributed by atoms with van der Waals surface area (Å²) in [4.78, 5) is 33.2. The first kappa shape index (κ1) is 23.8. The summed E-state index contributed by atoms with van der Waals surface area (Å²) in [6.07, 6.45) is 1.20. The summed E-state index contributed by atoms with van der Waals surface area (Å²) in [6.45, 7) is -0.0513. The second-order valence-corrected chi connectivity index (χ2v) is 6.90. The predicted molar refractivity (Wildman–Crippen MR) is 117 cm³/mol. The van der Waals surface area contributed by atoms with Crippen molar-refractivity contribution in [3.63, 3.8) is 0 Å². The lowest BCUT2D eigenvalue weighted by molar-refractivity contribution is 0.0914. The molecule has 0 atom stereocenters. The predicted octanol–water partition coefficient (Wildman–Crippen LogP) is 3.52. The molecule has 3 aromatic rings. The van der Waals surface area contributed by atoms with E-state index in [1.807, 2.05) is 0 Å². The maximum atomic E-state index is 13.5. The Morgan fingerprint density at radius 2 is 1.67 bits per heavy atom. The van der Waals surface area contributed by atoms with Crippen molar-refractivity contribution in [3.8, 4) is 28.5 Å². The first-order chi connectivity index (χ1) is 16.0. The van der Waals surface area contributed by atoms with Crippen LogP contribution in [0.1, 0.15) is 33.7 Å². The number of methoxy groups -OCH3 is 2. The number of aliphatic hydroxyl groups excluding tert-OH is 1. The van der Waals surface area contributed by atoms with E-state index in [0.717, 1.165) is 0 Å². The lowest BCUT2D eigenvalue weighted by Crippen LogP contribution is -2.08. The van der Waals surface area contributed by atoms with Gasteiger partial charge in [0.25, 0.3) is 0 Å². The molecule has 0 spiro atoms. The molecule has 0 aliphatic rings. The van der Waals surface area contributed by atoms with Crippen molar-refractivity contribution in [1.82, 2.24) is 9.97 Å². The molecule has 2 heterocycles. The van der Waals surface area contributed by atoms with Crippen LogP contribution in [0, 0.1) is 5.95 Å². The molecule has 0 unspecified atom stereocenters. The number of carbonyl (C=O) groups is 2. The first-order valence-corrected chi connectivity index (χ1v) is 10.1. The molecule has 0 saturated carbocycles.